The van der Waals surface area contributed by atoms with E-state index >= 15 is 0 Å². The van der Waals surface area contributed by atoms with Crippen molar-refractivity contribution in [1.29, 1.82) is 0 Å². The largest absolute Gasteiger partial charge is 0.461 e. The number of aryl methyl sites for hydroxylation is 1. The number of carbonyl (C=O) groups is 2. The van der Waals surface area contributed by atoms with Gasteiger partial charge in [-0.25, -0.2) is 0 Å². The van der Waals surface area contributed by atoms with Crippen molar-refractivity contribution in [2.75, 3.05) is 12.3 Å². The van der Waals surface area contributed by atoms with Crippen LogP contribution in [0.4, 0.5) is 5.82 Å². The molecule has 1 saturated carbocycles. The second-order valence-electron chi connectivity index (χ2n) is 11.0. The summed E-state index contributed by atoms with van der Waals surface area (Å²) in [6.45, 7) is 6.80. The molecule has 2 aromatic carbocycles. The molecule has 1 atom stereocenters. The summed E-state index contributed by atoms with van der Waals surface area (Å²) in [5, 5.41) is 3.39. The van der Waals surface area contributed by atoms with E-state index in [4.69, 9.17) is 10.5 Å². The fourth-order valence-electron chi connectivity index (χ4n) is 5.04. The lowest BCUT2D eigenvalue weighted by molar-refractivity contribution is -0.151. The third-order valence-corrected chi connectivity index (χ3v) is 7.28. The van der Waals surface area contributed by atoms with Crippen molar-refractivity contribution in [1.82, 2.24) is 10.3 Å². The summed E-state index contributed by atoms with van der Waals surface area (Å²) in [7, 11) is 0. The van der Waals surface area contributed by atoms with Crippen molar-refractivity contribution < 1.29 is 14.3 Å². The molecule has 1 fully saturated rings. The van der Waals surface area contributed by atoms with E-state index in [1.807, 2.05) is 43.3 Å². The molecular weight excluding hydrogens is 490 g/mol. The highest BCUT2D eigenvalue weighted by atomic mass is 16.5. The number of rotatable bonds is 11. The molecule has 4 N–H and O–H groups in total. The number of nitrogens with two attached hydrogens (primary N) is 1. The van der Waals surface area contributed by atoms with E-state index in [2.05, 4.69) is 24.1 Å². The van der Waals surface area contributed by atoms with E-state index < -0.39 is 0 Å². The van der Waals surface area contributed by atoms with E-state index in [0.29, 0.717) is 29.2 Å². The minimum Gasteiger partial charge on any atom is -0.461 e. The predicted molar refractivity (Wildman–Crippen MR) is 155 cm³/mol. The molecule has 7 heteroatoms. The molecule has 4 rings (SSSR count). The Morgan fingerprint density at radius 3 is 2.36 bits per heavy atom. The molecular formula is C32H39N3O4. The van der Waals surface area contributed by atoms with Crippen LogP contribution in [-0.4, -0.2) is 35.4 Å². The third kappa shape index (κ3) is 7.45. The van der Waals surface area contributed by atoms with Crippen molar-refractivity contribution in [3.63, 3.8) is 0 Å². The molecule has 0 amide bonds. The summed E-state index contributed by atoms with van der Waals surface area (Å²) in [6.07, 6.45) is 5.70. The fourth-order valence-corrected chi connectivity index (χ4v) is 5.04. The van der Waals surface area contributed by atoms with E-state index in [1.165, 1.54) is 0 Å². The van der Waals surface area contributed by atoms with Gasteiger partial charge in [0.2, 0.25) is 0 Å². The zero-order valence-corrected chi connectivity index (χ0v) is 23.1. The van der Waals surface area contributed by atoms with Gasteiger partial charge in [-0.15, -0.1) is 0 Å². The predicted octanol–water partition coefficient (Wildman–Crippen LogP) is 5.20. The topological polar surface area (TPSA) is 114 Å². The number of pyridine rings is 1. The first-order chi connectivity index (χ1) is 18.7. The summed E-state index contributed by atoms with van der Waals surface area (Å²) in [4.78, 5) is 41.2. The Hall–Kier alpha value is -3.71. The zero-order valence-electron chi connectivity index (χ0n) is 23.1. The maximum Gasteiger partial charge on any atom is 0.323 e. The van der Waals surface area contributed by atoms with Crippen molar-refractivity contribution in [3.05, 3.63) is 87.2 Å². The van der Waals surface area contributed by atoms with Crippen LogP contribution in [0.25, 0.3) is 11.1 Å². The first-order valence-electron chi connectivity index (χ1n) is 13.9. The van der Waals surface area contributed by atoms with Gasteiger partial charge in [0.15, 0.2) is 5.78 Å². The van der Waals surface area contributed by atoms with E-state index in [9.17, 15) is 14.4 Å². The third-order valence-electron chi connectivity index (χ3n) is 7.28. The molecule has 0 aliphatic heterocycles. The quantitative estimate of drug-likeness (QED) is 0.232. The molecule has 0 bridgehead atoms. The Labute approximate surface area is 230 Å². The molecule has 206 valence electrons. The van der Waals surface area contributed by atoms with Gasteiger partial charge >= 0.3 is 5.97 Å². The van der Waals surface area contributed by atoms with Gasteiger partial charge < -0.3 is 20.8 Å². The van der Waals surface area contributed by atoms with Gasteiger partial charge in [0.05, 0.1) is 5.56 Å². The average molecular weight is 530 g/mol. The van der Waals surface area contributed by atoms with Crippen LogP contribution in [0.3, 0.4) is 0 Å². The number of benzene rings is 2. The average Bonchev–Trinajstić information content (AvgIpc) is 3.41. The number of hydrogen-bond donors (Lipinski definition) is 3. The number of aromatic amines is 1. The van der Waals surface area contributed by atoms with Crippen LogP contribution in [0.5, 0.6) is 0 Å². The summed E-state index contributed by atoms with van der Waals surface area (Å²) in [5.41, 5.74) is 9.66. The van der Waals surface area contributed by atoms with Crippen LogP contribution >= 0.6 is 0 Å². The number of aromatic nitrogens is 1. The fraction of sp³-hybridized carbons (Fsp3) is 0.406. The van der Waals surface area contributed by atoms with Gasteiger partial charge in [-0.1, -0.05) is 67.9 Å². The molecule has 1 heterocycles. The molecule has 1 aliphatic carbocycles. The maximum absolute atomic E-state index is 13.1. The van der Waals surface area contributed by atoms with Gasteiger partial charge in [-0.05, 0) is 75.1 Å². The molecule has 0 unspecified atom stereocenters. The molecule has 1 aromatic heterocycles. The lowest BCUT2D eigenvalue weighted by Crippen LogP contribution is -2.41. The SMILES string of the molecule is Cc1ccc(C(=O)c2cc(-c3ccc(CCN[C@@H](CC(C)C)C(=O)OC4CCCC4)cc3)c(=O)[nH]c2N)cc1. The van der Waals surface area contributed by atoms with Crippen LogP contribution < -0.4 is 16.6 Å². The second-order valence-corrected chi connectivity index (χ2v) is 11.0. The number of esters is 1. The monoisotopic (exact) mass is 529 g/mol. The van der Waals surface area contributed by atoms with E-state index in [0.717, 1.165) is 49.7 Å². The molecule has 3 aromatic rings. The molecule has 0 spiro atoms. The van der Waals surface area contributed by atoms with Gasteiger partial charge in [-0.2, -0.15) is 0 Å². The van der Waals surface area contributed by atoms with Crippen LogP contribution in [0.1, 0.15) is 73.0 Å². The van der Waals surface area contributed by atoms with Gasteiger partial charge in [0, 0.05) is 11.1 Å². The number of carbonyl (C=O) groups excluding carboxylic acids is 2. The van der Waals surface area contributed by atoms with E-state index in [1.54, 1.807) is 18.2 Å². The highest BCUT2D eigenvalue weighted by Crippen LogP contribution is 2.23. The Morgan fingerprint density at radius 1 is 1.05 bits per heavy atom. The Kier molecular flexibility index (Phi) is 9.36. The van der Waals surface area contributed by atoms with Gasteiger partial charge in [-0.3, -0.25) is 14.4 Å². The first-order valence-corrected chi connectivity index (χ1v) is 13.9. The summed E-state index contributed by atoms with van der Waals surface area (Å²) in [5.74, 6) is 0.0396. The molecule has 39 heavy (non-hydrogen) atoms. The number of ether oxygens (including phenoxy) is 1. The Bertz CT molecular complexity index is 1340. The molecule has 0 saturated heterocycles. The summed E-state index contributed by atoms with van der Waals surface area (Å²) >= 11 is 0. The highest BCUT2D eigenvalue weighted by molar-refractivity contribution is 6.12. The summed E-state index contributed by atoms with van der Waals surface area (Å²) < 4.78 is 5.75. The van der Waals surface area contributed by atoms with E-state index in [-0.39, 0.29) is 40.8 Å². The standard InChI is InChI=1S/C32H39N3O4/c1-20(2)18-28(32(38)39-25-6-4-5-7-25)34-17-16-22-10-14-23(15-11-22)26-19-27(30(33)35-31(26)37)29(36)24-12-8-21(3)9-13-24/h8-15,19-20,25,28,34H,4-7,16-18H2,1-3H3,(H3,33,35,37)/t28-/m0/s1. The molecule has 0 radical (unpaired) electrons. The maximum atomic E-state index is 13.1. The Morgan fingerprint density at radius 2 is 1.72 bits per heavy atom. The lowest BCUT2D eigenvalue weighted by atomic mass is 9.98. The smallest absolute Gasteiger partial charge is 0.323 e. The van der Waals surface area contributed by atoms with Crippen LogP contribution in [0.15, 0.2) is 59.4 Å². The number of hydrogen-bond acceptors (Lipinski definition) is 6. The molecule has 1 aliphatic rings. The second kappa shape index (κ2) is 12.9. The van der Waals surface area contributed by atoms with Crippen LogP contribution in [-0.2, 0) is 16.0 Å². The van der Waals surface area contributed by atoms with Crippen LogP contribution in [0, 0.1) is 12.8 Å². The van der Waals surface area contributed by atoms with Crippen LogP contribution in [0.2, 0.25) is 0 Å². The van der Waals surface area contributed by atoms with Crippen molar-refractivity contribution in [2.24, 2.45) is 5.92 Å². The van der Waals surface area contributed by atoms with Gasteiger partial charge in [0.25, 0.3) is 5.56 Å². The first kappa shape index (κ1) is 28.3. The number of anilines is 1. The van der Waals surface area contributed by atoms with Crippen molar-refractivity contribution in [2.45, 2.75) is 71.4 Å². The normalized spacial score (nSPS) is 14.5. The van der Waals surface area contributed by atoms with Gasteiger partial charge in [0.1, 0.15) is 18.0 Å². The highest BCUT2D eigenvalue weighted by Gasteiger charge is 2.26. The lowest BCUT2D eigenvalue weighted by Gasteiger charge is -2.21. The summed E-state index contributed by atoms with van der Waals surface area (Å²) in [6, 6.07) is 16.2. The number of nitrogens with one attached hydrogen (secondary N) is 2. The minimum absolute atomic E-state index is 0.0550. The number of H-pyrrole nitrogens is 1. The zero-order chi connectivity index (χ0) is 27.9. The number of ketones is 1. The van der Waals surface area contributed by atoms with Crippen molar-refractivity contribution >= 4 is 17.6 Å². The molecule has 7 nitrogen and oxygen atoms in total. The van der Waals surface area contributed by atoms with Crippen molar-refractivity contribution in [3.8, 4) is 11.1 Å². The minimum atomic E-state index is -0.348. The number of nitrogen functional groups attached to an aromatic ring is 1. The Balaban J connectivity index is 1.42.